The smallest absolute Gasteiger partial charge is 0.322 e. The Labute approximate surface area is 151 Å². The molecule has 2 fully saturated rings. The minimum Gasteiger partial charge on any atom is -0.492 e. The highest BCUT2D eigenvalue weighted by molar-refractivity contribution is 7.89. The molecule has 1 aromatic carbocycles. The Balaban J connectivity index is 1.88. The number of carboxylic acids is 1. The van der Waals surface area contributed by atoms with Crippen molar-refractivity contribution in [2.24, 2.45) is 5.92 Å². The normalized spacial score (nSPS) is 24.5. The molecule has 1 aromatic rings. The standard InChI is InChI=1S/C16H20ClNO6S/c17-12-3-4-14(24-10-11-5-7-23-9-11)15(8-12)25(21,22)18-6-1-2-13(18)16(19)20/h3-4,8,11,13H,1-2,5-7,9-10H2,(H,19,20)/t11?,13-/m1/s1. The van der Waals surface area contributed by atoms with Gasteiger partial charge in [-0.1, -0.05) is 11.6 Å². The van der Waals surface area contributed by atoms with E-state index in [1.54, 1.807) is 6.07 Å². The molecule has 138 valence electrons. The van der Waals surface area contributed by atoms with Crippen LogP contribution in [0, 0.1) is 5.92 Å². The minimum atomic E-state index is -4.02. The molecule has 0 saturated carbocycles. The van der Waals surface area contributed by atoms with Gasteiger partial charge in [0.25, 0.3) is 0 Å². The molecule has 2 aliphatic rings. The lowest BCUT2D eigenvalue weighted by molar-refractivity contribution is -0.140. The van der Waals surface area contributed by atoms with E-state index in [4.69, 9.17) is 21.1 Å². The number of nitrogens with zero attached hydrogens (tertiary/aromatic N) is 1. The van der Waals surface area contributed by atoms with Gasteiger partial charge in [-0.2, -0.15) is 4.31 Å². The van der Waals surface area contributed by atoms with Crippen molar-refractivity contribution < 1.29 is 27.8 Å². The molecule has 2 atom stereocenters. The predicted molar refractivity (Wildman–Crippen MR) is 90.4 cm³/mol. The number of aliphatic carboxylic acids is 1. The number of benzene rings is 1. The summed E-state index contributed by atoms with van der Waals surface area (Å²) in [7, 11) is -4.02. The molecule has 7 nitrogen and oxygen atoms in total. The van der Waals surface area contributed by atoms with Gasteiger partial charge in [0.05, 0.1) is 13.2 Å². The molecule has 9 heteroatoms. The molecule has 0 aliphatic carbocycles. The van der Waals surface area contributed by atoms with Gasteiger partial charge in [-0.05, 0) is 37.5 Å². The van der Waals surface area contributed by atoms with Gasteiger partial charge in [0.2, 0.25) is 10.0 Å². The van der Waals surface area contributed by atoms with Crippen molar-refractivity contribution in [1.82, 2.24) is 4.31 Å². The summed E-state index contributed by atoms with van der Waals surface area (Å²) in [6, 6.07) is 3.32. The predicted octanol–water partition coefficient (Wildman–Crippen LogP) is 1.99. The van der Waals surface area contributed by atoms with Crippen LogP contribution in [0.5, 0.6) is 5.75 Å². The quantitative estimate of drug-likeness (QED) is 0.799. The van der Waals surface area contributed by atoms with Gasteiger partial charge in [0.15, 0.2) is 0 Å². The summed E-state index contributed by atoms with van der Waals surface area (Å²) >= 11 is 5.98. The number of ether oxygens (including phenoxy) is 2. The summed E-state index contributed by atoms with van der Waals surface area (Å²) in [5.74, 6) is -0.745. The maximum atomic E-state index is 13.0. The van der Waals surface area contributed by atoms with E-state index in [1.165, 1.54) is 12.1 Å². The molecule has 1 N–H and O–H groups in total. The summed E-state index contributed by atoms with van der Waals surface area (Å²) in [5.41, 5.74) is 0. The van der Waals surface area contributed by atoms with Crippen molar-refractivity contribution >= 4 is 27.6 Å². The van der Waals surface area contributed by atoms with Gasteiger partial charge in [0.1, 0.15) is 16.7 Å². The Bertz CT molecular complexity index is 747. The zero-order chi connectivity index (χ0) is 18.0. The van der Waals surface area contributed by atoms with Crippen LogP contribution in [0.15, 0.2) is 23.1 Å². The Morgan fingerprint density at radius 3 is 2.88 bits per heavy atom. The van der Waals surface area contributed by atoms with Gasteiger partial charge >= 0.3 is 5.97 Å². The lowest BCUT2D eigenvalue weighted by atomic mass is 10.1. The molecule has 0 spiro atoms. The van der Waals surface area contributed by atoms with Crippen molar-refractivity contribution in [1.29, 1.82) is 0 Å². The van der Waals surface area contributed by atoms with Gasteiger partial charge in [-0.15, -0.1) is 0 Å². The second-order valence-corrected chi connectivity index (χ2v) is 8.54. The maximum Gasteiger partial charge on any atom is 0.322 e. The molecule has 25 heavy (non-hydrogen) atoms. The number of halogens is 1. The van der Waals surface area contributed by atoms with E-state index in [2.05, 4.69) is 0 Å². The third kappa shape index (κ3) is 3.92. The highest BCUT2D eigenvalue weighted by Crippen LogP contribution is 2.34. The first-order valence-electron chi connectivity index (χ1n) is 8.14. The average Bonchev–Trinajstić information content (AvgIpc) is 3.25. The number of hydrogen-bond acceptors (Lipinski definition) is 5. The molecule has 1 unspecified atom stereocenters. The molecule has 3 rings (SSSR count). The van der Waals surface area contributed by atoms with Crippen LogP contribution in [0.1, 0.15) is 19.3 Å². The molecule has 2 aliphatic heterocycles. The first kappa shape index (κ1) is 18.4. The first-order valence-corrected chi connectivity index (χ1v) is 9.96. The van der Waals surface area contributed by atoms with Crippen molar-refractivity contribution in [2.45, 2.75) is 30.2 Å². The summed E-state index contributed by atoms with van der Waals surface area (Å²) < 4.78 is 38.1. The monoisotopic (exact) mass is 389 g/mol. The van der Waals surface area contributed by atoms with E-state index >= 15 is 0 Å². The van der Waals surface area contributed by atoms with Crippen LogP contribution in [-0.2, 0) is 19.6 Å². The second kappa shape index (κ2) is 7.49. The molecule has 0 amide bonds. The van der Waals surface area contributed by atoms with E-state index in [0.29, 0.717) is 32.7 Å². The molecule has 2 saturated heterocycles. The van der Waals surface area contributed by atoms with E-state index in [9.17, 15) is 18.3 Å². The fourth-order valence-corrected chi connectivity index (χ4v) is 5.17. The zero-order valence-corrected chi connectivity index (χ0v) is 15.1. The van der Waals surface area contributed by atoms with Crippen molar-refractivity contribution in [3.8, 4) is 5.75 Å². The fraction of sp³-hybridized carbons (Fsp3) is 0.562. The summed E-state index contributed by atoms with van der Waals surface area (Å²) in [6.07, 6.45) is 1.67. The van der Waals surface area contributed by atoms with Gasteiger partial charge in [-0.3, -0.25) is 4.79 Å². The van der Waals surface area contributed by atoms with Crippen LogP contribution < -0.4 is 4.74 Å². The van der Waals surface area contributed by atoms with Crippen LogP contribution >= 0.6 is 11.6 Å². The highest BCUT2D eigenvalue weighted by atomic mass is 35.5. The Morgan fingerprint density at radius 1 is 1.40 bits per heavy atom. The Hall–Kier alpha value is -1.35. The van der Waals surface area contributed by atoms with Crippen LogP contribution in [-0.4, -0.2) is 56.2 Å². The summed E-state index contributed by atoms with van der Waals surface area (Å²) in [4.78, 5) is 11.3. The molecular weight excluding hydrogens is 370 g/mol. The molecule has 0 bridgehead atoms. The Morgan fingerprint density at radius 2 is 2.20 bits per heavy atom. The van der Waals surface area contributed by atoms with Crippen LogP contribution in [0.2, 0.25) is 5.02 Å². The minimum absolute atomic E-state index is 0.0907. The van der Waals surface area contributed by atoms with Crippen molar-refractivity contribution in [2.75, 3.05) is 26.4 Å². The number of rotatable bonds is 6. The van der Waals surface area contributed by atoms with Crippen LogP contribution in [0.3, 0.4) is 0 Å². The average molecular weight is 390 g/mol. The molecule has 0 aromatic heterocycles. The lowest BCUT2D eigenvalue weighted by Crippen LogP contribution is -2.40. The zero-order valence-electron chi connectivity index (χ0n) is 13.6. The number of carbonyl (C=O) groups is 1. The molecule has 0 radical (unpaired) electrons. The largest absolute Gasteiger partial charge is 0.492 e. The number of hydrogen-bond donors (Lipinski definition) is 1. The summed E-state index contributed by atoms with van der Waals surface area (Å²) in [5, 5.41) is 9.54. The third-order valence-corrected chi connectivity index (χ3v) is 6.64. The van der Waals surface area contributed by atoms with E-state index in [1.807, 2.05) is 0 Å². The first-order chi connectivity index (χ1) is 11.9. The SMILES string of the molecule is O=C(O)[C@H]1CCCN1S(=O)(=O)c1cc(Cl)ccc1OCC1CCOC1. The van der Waals surface area contributed by atoms with E-state index in [-0.39, 0.29) is 28.1 Å². The topological polar surface area (TPSA) is 93.1 Å². The van der Waals surface area contributed by atoms with E-state index in [0.717, 1.165) is 10.7 Å². The van der Waals surface area contributed by atoms with Crippen LogP contribution in [0.4, 0.5) is 0 Å². The second-order valence-electron chi connectivity index (χ2n) is 6.24. The number of sulfonamides is 1. The lowest BCUT2D eigenvalue weighted by Gasteiger charge is -2.23. The Kier molecular flexibility index (Phi) is 5.52. The highest BCUT2D eigenvalue weighted by Gasteiger charge is 2.40. The van der Waals surface area contributed by atoms with Crippen molar-refractivity contribution in [3.05, 3.63) is 23.2 Å². The molecular formula is C16H20ClNO6S. The van der Waals surface area contributed by atoms with Gasteiger partial charge in [-0.25, -0.2) is 8.42 Å². The van der Waals surface area contributed by atoms with Gasteiger partial charge in [0, 0.05) is 24.1 Å². The third-order valence-electron chi connectivity index (χ3n) is 4.48. The van der Waals surface area contributed by atoms with Crippen LogP contribution in [0.25, 0.3) is 0 Å². The van der Waals surface area contributed by atoms with Gasteiger partial charge < -0.3 is 14.6 Å². The van der Waals surface area contributed by atoms with E-state index < -0.39 is 22.0 Å². The molecule has 2 heterocycles. The fourth-order valence-electron chi connectivity index (χ4n) is 3.13. The number of carboxylic acid groups (broad SMARTS) is 1. The van der Waals surface area contributed by atoms with Crippen molar-refractivity contribution in [3.63, 3.8) is 0 Å². The summed E-state index contributed by atoms with van der Waals surface area (Å²) in [6.45, 7) is 1.77. The maximum absolute atomic E-state index is 13.0.